The Bertz CT molecular complexity index is 943. The van der Waals surface area contributed by atoms with Crippen LogP contribution in [-0.2, 0) is 0 Å². The maximum Gasteiger partial charge on any atom is 0.261 e. The molecule has 4 heteroatoms. The van der Waals surface area contributed by atoms with E-state index in [0.717, 1.165) is 16.7 Å². The number of hydrogen-bond donors (Lipinski definition) is 2. The molecule has 2 aromatic carbocycles. The summed E-state index contributed by atoms with van der Waals surface area (Å²) < 4.78 is 0. The number of aromatic amines is 1. The largest absolute Gasteiger partial charge is 0.328 e. The second-order valence-corrected chi connectivity index (χ2v) is 5.71. The van der Waals surface area contributed by atoms with Gasteiger partial charge < -0.3 is 10.3 Å². The van der Waals surface area contributed by atoms with Crippen molar-refractivity contribution in [1.29, 1.82) is 0 Å². The molecule has 1 aromatic heterocycles. The topological polar surface area (TPSA) is 62.0 Å². The number of amides is 1. The summed E-state index contributed by atoms with van der Waals surface area (Å²) in [5.74, 6) is -0.418. The fourth-order valence-corrected chi connectivity index (χ4v) is 2.57. The zero-order valence-corrected chi connectivity index (χ0v) is 13.6. The SMILES string of the molecule is Cc1ccc(NC(=O)c2c(-c3ccccc3)cc[nH]c2=O)cc1C. The van der Waals surface area contributed by atoms with E-state index in [9.17, 15) is 9.59 Å². The number of carbonyl (C=O) groups excluding carboxylic acids is 1. The predicted molar refractivity (Wildman–Crippen MR) is 96.4 cm³/mol. The molecule has 1 heterocycles. The Hall–Kier alpha value is -3.14. The van der Waals surface area contributed by atoms with E-state index in [4.69, 9.17) is 0 Å². The van der Waals surface area contributed by atoms with Crippen LogP contribution in [0.1, 0.15) is 21.5 Å². The number of carbonyl (C=O) groups is 1. The lowest BCUT2D eigenvalue weighted by molar-refractivity contribution is 0.102. The molecular weight excluding hydrogens is 300 g/mol. The van der Waals surface area contributed by atoms with Gasteiger partial charge in [0, 0.05) is 17.4 Å². The summed E-state index contributed by atoms with van der Waals surface area (Å²) in [6.07, 6.45) is 1.55. The highest BCUT2D eigenvalue weighted by atomic mass is 16.2. The standard InChI is InChI=1S/C20H18N2O2/c1-13-8-9-16(12-14(13)2)22-20(24)18-17(10-11-21-19(18)23)15-6-4-3-5-7-15/h3-12H,1-2H3,(H,21,23)(H,22,24). The zero-order chi connectivity index (χ0) is 17.1. The van der Waals surface area contributed by atoms with E-state index in [0.29, 0.717) is 11.3 Å². The number of pyridine rings is 1. The van der Waals surface area contributed by atoms with Crippen LogP contribution >= 0.6 is 0 Å². The lowest BCUT2D eigenvalue weighted by Crippen LogP contribution is -2.24. The third kappa shape index (κ3) is 3.13. The van der Waals surface area contributed by atoms with E-state index < -0.39 is 11.5 Å². The van der Waals surface area contributed by atoms with Crippen molar-refractivity contribution in [1.82, 2.24) is 4.98 Å². The number of hydrogen-bond acceptors (Lipinski definition) is 2. The Morgan fingerprint density at radius 2 is 1.71 bits per heavy atom. The number of H-pyrrole nitrogens is 1. The molecule has 0 aliphatic carbocycles. The van der Waals surface area contributed by atoms with Crippen LogP contribution in [0.25, 0.3) is 11.1 Å². The van der Waals surface area contributed by atoms with Crippen molar-refractivity contribution in [2.45, 2.75) is 13.8 Å². The average molecular weight is 318 g/mol. The highest BCUT2D eigenvalue weighted by Gasteiger charge is 2.17. The quantitative estimate of drug-likeness (QED) is 0.769. The Kier molecular flexibility index (Phi) is 4.29. The summed E-state index contributed by atoms with van der Waals surface area (Å²) in [7, 11) is 0. The fourth-order valence-electron chi connectivity index (χ4n) is 2.57. The molecule has 0 spiro atoms. The summed E-state index contributed by atoms with van der Waals surface area (Å²) in [6, 6.07) is 16.8. The van der Waals surface area contributed by atoms with E-state index >= 15 is 0 Å². The summed E-state index contributed by atoms with van der Waals surface area (Å²) in [6.45, 7) is 3.99. The van der Waals surface area contributed by atoms with Crippen molar-refractivity contribution in [2.24, 2.45) is 0 Å². The van der Waals surface area contributed by atoms with E-state index in [1.165, 1.54) is 0 Å². The zero-order valence-electron chi connectivity index (χ0n) is 13.6. The highest BCUT2D eigenvalue weighted by molar-refractivity contribution is 6.08. The van der Waals surface area contributed by atoms with Crippen LogP contribution in [0.5, 0.6) is 0 Å². The van der Waals surface area contributed by atoms with Crippen LogP contribution in [0.4, 0.5) is 5.69 Å². The molecule has 0 saturated heterocycles. The van der Waals surface area contributed by atoms with Crippen LogP contribution in [0.15, 0.2) is 65.6 Å². The number of benzene rings is 2. The van der Waals surface area contributed by atoms with Crippen molar-refractivity contribution in [3.8, 4) is 11.1 Å². The first-order valence-corrected chi connectivity index (χ1v) is 7.72. The third-order valence-corrected chi connectivity index (χ3v) is 4.04. The van der Waals surface area contributed by atoms with Gasteiger partial charge in [0.15, 0.2) is 0 Å². The number of aromatic nitrogens is 1. The molecule has 1 amide bonds. The van der Waals surface area contributed by atoms with Gasteiger partial charge in [-0.05, 0) is 48.7 Å². The molecule has 0 aliphatic heterocycles. The fraction of sp³-hybridized carbons (Fsp3) is 0.100. The van der Waals surface area contributed by atoms with Crippen molar-refractivity contribution in [2.75, 3.05) is 5.32 Å². The minimum Gasteiger partial charge on any atom is -0.328 e. The van der Waals surface area contributed by atoms with Gasteiger partial charge in [-0.25, -0.2) is 0 Å². The minimum atomic E-state index is -0.418. The Morgan fingerprint density at radius 3 is 2.42 bits per heavy atom. The average Bonchev–Trinajstić information content (AvgIpc) is 2.58. The number of aryl methyl sites for hydroxylation is 2. The molecule has 3 aromatic rings. The second-order valence-electron chi connectivity index (χ2n) is 5.71. The summed E-state index contributed by atoms with van der Waals surface area (Å²) in [5.41, 5.74) is 4.05. The first-order valence-electron chi connectivity index (χ1n) is 7.72. The molecule has 120 valence electrons. The van der Waals surface area contributed by atoms with Gasteiger partial charge in [-0.3, -0.25) is 9.59 Å². The normalized spacial score (nSPS) is 10.4. The summed E-state index contributed by atoms with van der Waals surface area (Å²) in [4.78, 5) is 27.5. The van der Waals surface area contributed by atoms with Gasteiger partial charge in [0.25, 0.3) is 11.5 Å². The molecule has 0 atom stereocenters. The minimum absolute atomic E-state index is 0.113. The lowest BCUT2D eigenvalue weighted by atomic mass is 10.0. The lowest BCUT2D eigenvalue weighted by Gasteiger charge is -2.10. The first kappa shape index (κ1) is 15.7. The Morgan fingerprint density at radius 1 is 0.958 bits per heavy atom. The maximum atomic E-state index is 12.7. The van der Waals surface area contributed by atoms with Crippen molar-refractivity contribution in [3.63, 3.8) is 0 Å². The van der Waals surface area contributed by atoms with Crippen LogP contribution in [-0.4, -0.2) is 10.9 Å². The van der Waals surface area contributed by atoms with Gasteiger partial charge in [0.1, 0.15) is 5.56 Å². The second kappa shape index (κ2) is 6.54. The van der Waals surface area contributed by atoms with Gasteiger partial charge in [-0.2, -0.15) is 0 Å². The van der Waals surface area contributed by atoms with Gasteiger partial charge in [-0.1, -0.05) is 36.4 Å². The highest BCUT2D eigenvalue weighted by Crippen LogP contribution is 2.22. The smallest absolute Gasteiger partial charge is 0.261 e. The molecule has 0 saturated carbocycles. The van der Waals surface area contributed by atoms with Crippen LogP contribution in [0.3, 0.4) is 0 Å². The van der Waals surface area contributed by atoms with Crippen molar-refractivity contribution < 1.29 is 4.79 Å². The molecule has 0 fully saturated rings. The van der Waals surface area contributed by atoms with E-state index in [1.54, 1.807) is 12.3 Å². The monoisotopic (exact) mass is 318 g/mol. The molecule has 4 nitrogen and oxygen atoms in total. The van der Waals surface area contributed by atoms with E-state index in [2.05, 4.69) is 10.3 Å². The van der Waals surface area contributed by atoms with Crippen molar-refractivity contribution >= 4 is 11.6 Å². The summed E-state index contributed by atoms with van der Waals surface area (Å²) in [5, 5.41) is 2.82. The van der Waals surface area contributed by atoms with Gasteiger partial charge >= 0.3 is 0 Å². The van der Waals surface area contributed by atoms with Crippen LogP contribution in [0, 0.1) is 13.8 Å². The Balaban J connectivity index is 2.01. The van der Waals surface area contributed by atoms with E-state index in [1.807, 2.05) is 62.4 Å². The Labute approximate surface area is 140 Å². The van der Waals surface area contributed by atoms with Crippen LogP contribution in [0.2, 0.25) is 0 Å². The van der Waals surface area contributed by atoms with E-state index in [-0.39, 0.29) is 5.56 Å². The molecule has 2 N–H and O–H groups in total. The number of rotatable bonds is 3. The first-order chi connectivity index (χ1) is 11.6. The van der Waals surface area contributed by atoms with Gasteiger partial charge in [0.05, 0.1) is 0 Å². The van der Waals surface area contributed by atoms with Gasteiger partial charge in [-0.15, -0.1) is 0 Å². The molecule has 0 unspecified atom stereocenters. The maximum absolute atomic E-state index is 12.7. The number of nitrogens with one attached hydrogen (secondary N) is 2. The molecule has 0 radical (unpaired) electrons. The van der Waals surface area contributed by atoms with Crippen molar-refractivity contribution in [3.05, 3.63) is 87.8 Å². The van der Waals surface area contributed by atoms with Crippen LogP contribution < -0.4 is 10.9 Å². The molecular formula is C20H18N2O2. The third-order valence-electron chi connectivity index (χ3n) is 4.04. The number of anilines is 1. The molecule has 0 aliphatic rings. The van der Waals surface area contributed by atoms with Gasteiger partial charge in [0.2, 0.25) is 0 Å². The summed E-state index contributed by atoms with van der Waals surface area (Å²) >= 11 is 0. The predicted octanol–water partition coefficient (Wildman–Crippen LogP) is 3.91. The molecule has 24 heavy (non-hydrogen) atoms. The molecule has 0 bridgehead atoms. The molecule has 3 rings (SSSR count).